The van der Waals surface area contributed by atoms with Crippen LogP contribution in [0.25, 0.3) is 0 Å². The van der Waals surface area contributed by atoms with Gasteiger partial charge in [-0.3, -0.25) is 14.5 Å². The molecule has 1 aromatic heterocycles. The van der Waals surface area contributed by atoms with E-state index in [0.29, 0.717) is 44.0 Å². The van der Waals surface area contributed by atoms with Gasteiger partial charge in [-0.1, -0.05) is 12.1 Å². The van der Waals surface area contributed by atoms with Crippen molar-refractivity contribution in [2.75, 3.05) is 25.7 Å². The van der Waals surface area contributed by atoms with E-state index < -0.39 is 0 Å². The highest BCUT2D eigenvalue weighted by atomic mass is 16.5. The van der Waals surface area contributed by atoms with Crippen LogP contribution in [0.15, 0.2) is 24.3 Å². The Morgan fingerprint density at radius 2 is 2.16 bits per heavy atom. The standard InChI is InChI=1S/C24H30N4O4/c1-16-20-9-10-22(29)28(14-17-6-4-7-18(12-17)31-3)24(20)26-21(25-16)15-27(2)23(30)13-19-8-5-11-32-19/h4,6-7,12,19H,5,8-11,13-15H2,1-3H3/t19-/m1/s1. The molecule has 0 aliphatic carbocycles. The van der Waals surface area contributed by atoms with Crippen molar-refractivity contribution in [3.8, 4) is 5.75 Å². The Morgan fingerprint density at radius 1 is 1.31 bits per heavy atom. The fourth-order valence-electron chi connectivity index (χ4n) is 4.28. The fourth-order valence-corrected chi connectivity index (χ4v) is 4.28. The summed E-state index contributed by atoms with van der Waals surface area (Å²) < 4.78 is 10.9. The number of ether oxygens (including phenoxy) is 2. The summed E-state index contributed by atoms with van der Waals surface area (Å²) in [5, 5.41) is 0. The van der Waals surface area contributed by atoms with Crippen LogP contribution in [0.4, 0.5) is 5.82 Å². The molecule has 170 valence electrons. The van der Waals surface area contributed by atoms with Gasteiger partial charge in [-0.2, -0.15) is 0 Å². The number of hydrogen-bond acceptors (Lipinski definition) is 6. The van der Waals surface area contributed by atoms with Gasteiger partial charge in [0.1, 0.15) is 17.4 Å². The van der Waals surface area contributed by atoms with E-state index in [1.54, 1.807) is 24.0 Å². The summed E-state index contributed by atoms with van der Waals surface area (Å²) in [5.41, 5.74) is 2.81. The quantitative estimate of drug-likeness (QED) is 0.661. The molecule has 8 nitrogen and oxygen atoms in total. The molecule has 1 atom stereocenters. The zero-order chi connectivity index (χ0) is 22.7. The third-order valence-electron chi connectivity index (χ3n) is 6.09. The van der Waals surface area contributed by atoms with Gasteiger partial charge in [-0.05, 0) is 43.9 Å². The van der Waals surface area contributed by atoms with Gasteiger partial charge in [0.05, 0.1) is 32.7 Å². The Balaban J connectivity index is 1.54. The zero-order valence-corrected chi connectivity index (χ0v) is 19.0. The van der Waals surface area contributed by atoms with E-state index in [4.69, 9.17) is 14.5 Å². The van der Waals surface area contributed by atoms with Crippen LogP contribution in [0.2, 0.25) is 0 Å². The van der Waals surface area contributed by atoms with Gasteiger partial charge in [-0.25, -0.2) is 9.97 Å². The molecule has 1 aromatic carbocycles. The van der Waals surface area contributed by atoms with Crippen LogP contribution < -0.4 is 9.64 Å². The highest BCUT2D eigenvalue weighted by Crippen LogP contribution is 2.30. The molecule has 2 amide bonds. The summed E-state index contributed by atoms with van der Waals surface area (Å²) in [4.78, 5) is 38.2. The second-order valence-corrected chi connectivity index (χ2v) is 8.45. The number of aromatic nitrogens is 2. The number of benzene rings is 1. The molecule has 8 heteroatoms. The molecule has 0 spiro atoms. The Labute approximate surface area is 188 Å². The number of fused-ring (bicyclic) bond motifs is 1. The van der Waals surface area contributed by atoms with Crippen molar-refractivity contribution in [3.63, 3.8) is 0 Å². The first-order chi connectivity index (χ1) is 15.4. The number of hydrogen-bond donors (Lipinski definition) is 0. The normalized spacial score (nSPS) is 17.9. The maximum absolute atomic E-state index is 12.8. The highest BCUT2D eigenvalue weighted by Gasteiger charge is 2.29. The van der Waals surface area contributed by atoms with Crippen molar-refractivity contribution < 1.29 is 19.1 Å². The van der Waals surface area contributed by atoms with Crippen LogP contribution >= 0.6 is 0 Å². The molecular weight excluding hydrogens is 408 g/mol. The Kier molecular flexibility index (Phi) is 6.69. The molecule has 2 aliphatic heterocycles. The number of aryl methyl sites for hydroxylation is 1. The molecule has 0 N–H and O–H groups in total. The smallest absolute Gasteiger partial charge is 0.228 e. The van der Waals surface area contributed by atoms with E-state index in [0.717, 1.165) is 42.0 Å². The SMILES string of the molecule is COc1cccc(CN2C(=O)CCc3c(C)nc(CN(C)C(=O)C[C@H]4CCCO4)nc32)c1. The van der Waals surface area contributed by atoms with Crippen molar-refractivity contribution in [1.82, 2.24) is 14.9 Å². The minimum atomic E-state index is 0.00659. The Bertz CT molecular complexity index is 1000. The largest absolute Gasteiger partial charge is 0.497 e. The van der Waals surface area contributed by atoms with Crippen LogP contribution in [0.5, 0.6) is 5.75 Å². The number of carbonyl (C=O) groups excluding carboxylic acids is 2. The average molecular weight is 439 g/mol. The first-order valence-electron chi connectivity index (χ1n) is 11.1. The number of methoxy groups -OCH3 is 1. The van der Waals surface area contributed by atoms with Gasteiger partial charge in [0.2, 0.25) is 11.8 Å². The maximum Gasteiger partial charge on any atom is 0.228 e. The van der Waals surface area contributed by atoms with Crippen LogP contribution in [-0.4, -0.2) is 53.6 Å². The van der Waals surface area contributed by atoms with Gasteiger partial charge >= 0.3 is 0 Å². The lowest BCUT2D eigenvalue weighted by atomic mass is 10.0. The zero-order valence-electron chi connectivity index (χ0n) is 19.0. The molecule has 4 rings (SSSR count). The van der Waals surface area contributed by atoms with Gasteiger partial charge in [-0.15, -0.1) is 0 Å². The minimum absolute atomic E-state index is 0.00659. The van der Waals surface area contributed by atoms with E-state index in [-0.39, 0.29) is 17.9 Å². The lowest BCUT2D eigenvalue weighted by Crippen LogP contribution is -2.37. The number of nitrogens with zero attached hydrogens (tertiary/aromatic N) is 4. The first kappa shape index (κ1) is 22.2. The molecular formula is C24H30N4O4. The van der Waals surface area contributed by atoms with E-state index >= 15 is 0 Å². The number of amides is 2. The van der Waals surface area contributed by atoms with Crippen LogP contribution in [0.1, 0.15) is 48.3 Å². The summed E-state index contributed by atoms with van der Waals surface area (Å²) in [6, 6.07) is 7.68. The first-order valence-corrected chi connectivity index (χ1v) is 11.1. The molecule has 2 aromatic rings. The second-order valence-electron chi connectivity index (χ2n) is 8.45. The van der Waals surface area contributed by atoms with E-state index in [2.05, 4.69) is 4.98 Å². The Hall–Kier alpha value is -3.00. The minimum Gasteiger partial charge on any atom is -0.497 e. The van der Waals surface area contributed by atoms with Crippen molar-refractivity contribution in [2.24, 2.45) is 0 Å². The molecule has 3 heterocycles. The second kappa shape index (κ2) is 9.65. The molecule has 0 radical (unpaired) electrons. The molecule has 0 bridgehead atoms. The van der Waals surface area contributed by atoms with Crippen LogP contribution in [0.3, 0.4) is 0 Å². The van der Waals surface area contributed by atoms with Crippen molar-refractivity contribution in [3.05, 3.63) is 46.9 Å². The van der Waals surface area contributed by atoms with E-state index in [1.807, 2.05) is 31.2 Å². The number of anilines is 1. The summed E-state index contributed by atoms with van der Waals surface area (Å²) >= 11 is 0. The van der Waals surface area contributed by atoms with Gasteiger partial charge in [0.25, 0.3) is 0 Å². The van der Waals surface area contributed by atoms with Crippen molar-refractivity contribution in [1.29, 1.82) is 0 Å². The monoisotopic (exact) mass is 438 g/mol. The number of rotatable bonds is 7. The summed E-state index contributed by atoms with van der Waals surface area (Å²) in [6.07, 6.45) is 3.37. The molecule has 0 saturated carbocycles. The van der Waals surface area contributed by atoms with E-state index in [1.165, 1.54) is 0 Å². The third kappa shape index (κ3) is 4.91. The predicted molar refractivity (Wildman–Crippen MR) is 119 cm³/mol. The molecule has 1 fully saturated rings. The lowest BCUT2D eigenvalue weighted by Gasteiger charge is -2.30. The summed E-state index contributed by atoms with van der Waals surface area (Å²) in [6.45, 7) is 3.37. The molecule has 0 unspecified atom stereocenters. The maximum atomic E-state index is 12.8. The van der Waals surface area contributed by atoms with Crippen LogP contribution in [-0.2, 0) is 33.8 Å². The molecule has 2 aliphatic rings. The summed E-state index contributed by atoms with van der Waals surface area (Å²) in [5.74, 6) is 1.98. The summed E-state index contributed by atoms with van der Waals surface area (Å²) in [7, 11) is 3.38. The van der Waals surface area contributed by atoms with Gasteiger partial charge in [0.15, 0.2) is 0 Å². The molecule has 32 heavy (non-hydrogen) atoms. The van der Waals surface area contributed by atoms with Crippen molar-refractivity contribution >= 4 is 17.6 Å². The highest BCUT2D eigenvalue weighted by molar-refractivity contribution is 5.95. The fraction of sp³-hybridized carbons (Fsp3) is 0.500. The van der Waals surface area contributed by atoms with Gasteiger partial charge in [0, 0.05) is 31.3 Å². The van der Waals surface area contributed by atoms with Crippen molar-refractivity contribution in [2.45, 2.75) is 58.2 Å². The number of carbonyl (C=O) groups is 2. The average Bonchev–Trinajstić information content (AvgIpc) is 3.29. The predicted octanol–water partition coefficient (Wildman–Crippen LogP) is 2.80. The Morgan fingerprint density at radius 3 is 2.91 bits per heavy atom. The van der Waals surface area contributed by atoms with Crippen LogP contribution in [0, 0.1) is 6.92 Å². The van der Waals surface area contributed by atoms with Gasteiger partial charge < -0.3 is 14.4 Å². The molecule has 1 saturated heterocycles. The van der Waals surface area contributed by atoms with E-state index in [9.17, 15) is 9.59 Å². The lowest BCUT2D eigenvalue weighted by molar-refractivity contribution is -0.132. The topological polar surface area (TPSA) is 84.9 Å². The third-order valence-corrected chi connectivity index (χ3v) is 6.09.